The number of carboxylic acid groups (broad SMARTS) is 1. The summed E-state index contributed by atoms with van der Waals surface area (Å²) < 4.78 is 31.1. The summed E-state index contributed by atoms with van der Waals surface area (Å²) in [7, 11) is -2.69. The monoisotopic (exact) mass is 483 g/mol. The molecule has 1 heterocycles. The van der Waals surface area contributed by atoms with Gasteiger partial charge in [-0.25, -0.2) is 4.39 Å². The zero-order valence-corrected chi connectivity index (χ0v) is 19.9. The molecule has 0 bridgehead atoms. The second kappa shape index (κ2) is 11.7. The quantitative estimate of drug-likeness (QED) is 0.272. The Bertz CT molecular complexity index is 1180. The number of pyridine rings is 1. The average Bonchev–Trinajstić information content (AvgIpc) is 2.79. The first-order valence-electron chi connectivity index (χ1n) is 10.9. The highest BCUT2D eigenvalue weighted by molar-refractivity contribution is 7.39. The minimum Gasteiger partial charge on any atom is -0.481 e. The van der Waals surface area contributed by atoms with Crippen LogP contribution in [0.5, 0.6) is 0 Å². The number of hydrogen-bond acceptors (Lipinski definition) is 5. The summed E-state index contributed by atoms with van der Waals surface area (Å²) in [6, 6.07) is 17.8. The number of hydrogen-bond donors (Lipinski definition) is 2. The smallest absolute Gasteiger partial charge is 0.305 e. The highest BCUT2D eigenvalue weighted by Gasteiger charge is 2.17. The fourth-order valence-corrected chi connectivity index (χ4v) is 4.35. The van der Waals surface area contributed by atoms with Crippen molar-refractivity contribution in [2.24, 2.45) is 0 Å². The zero-order valence-electron chi connectivity index (χ0n) is 18.9. The molecule has 3 aromatic rings. The van der Waals surface area contributed by atoms with Crippen LogP contribution in [0.15, 0.2) is 66.9 Å². The number of nitrogens with zero attached hydrogens (tertiary/aromatic N) is 1. The van der Waals surface area contributed by atoms with Gasteiger partial charge in [-0.15, -0.1) is 0 Å². The Balaban J connectivity index is 2.00. The van der Waals surface area contributed by atoms with Crippen LogP contribution in [0.25, 0.3) is 28.5 Å². The molecule has 2 atom stereocenters. The Morgan fingerprint density at radius 1 is 1.12 bits per heavy atom. The molecule has 0 saturated carbocycles. The van der Waals surface area contributed by atoms with E-state index in [0.717, 1.165) is 33.6 Å². The van der Waals surface area contributed by atoms with Crippen LogP contribution in [-0.4, -0.2) is 33.4 Å². The van der Waals surface area contributed by atoms with Crippen LogP contribution < -0.4 is 0 Å². The molecular weight excluding hydrogens is 456 g/mol. The maximum Gasteiger partial charge on any atom is 0.305 e. The minimum absolute atomic E-state index is 0.0388. The van der Waals surface area contributed by atoms with E-state index >= 15 is 0 Å². The maximum absolute atomic E-state index is 13.6. The van der Waals surface area contributed by atoms with Gasteiger partial charge < -0.3 is 14.7 Å². The third-order valence-corrected chi connectivity index (χ3v) is 6.31. The average molecular weight is 483 g/mol. The SMILES string of the molecule is CC(C)c1nc(-c2ccccc2)cc(-c2ccc(F)cc2)c1/C=C/O[PH](=O)C[C@@H](O)CC(=O)O. The number of aromatic nitrogens is 1. The van der Waals surface area contributed by atoms with Crippen LogP contribution in [0.3, 0.4) is 0 Å². The number of aliphatic hydroxyl groups is 1. The van der Waals surface area contributed by atoms with Crippen molar-refractivity contribution in [2.75, 3.05) is 6.16 Å². The summed E-state index contributed by atoms with van der Waals surface area (Å²) in [6.07, 6.45) is 0.939. The van der Waals surface area contributed by atoms with Gasteiger partial charge in [0.15, 0.2) is 0 Å². The van der Waals surface area contributed by atoms with E-state index in [9.17, 15) is 18.9 Å². The first kappa shape index (κ1) is 25.3. The van der Waals surface area contributed by atoms with Crippen molar-refractivity contribution >= 4 is 20.1 Å². The van der Waals surface area contributed by atoms with Gasteiger partial charge in [0.25, 0.3) is 0 Å². The molecule has 1 aromatic heterocycles. The van der Waals surface area contributed by atoms with E-state index in [2.05, 4.69) is 0 Å². The van der Waals surface area contributed by atoms with E-state index in [1.165, 1.54) is 18.4 Å². The van der Waals surface area contributed by atoms with E-state index in [0.29, 0.717) is 0 Å². The molecule has 0 aliphatic rings. The van der Waals surface area contributed by atoms with Gasteiger partial charge in [-0.3, -0.25) is 14.3 Å². The standard InChI is InChI=1S/C26H27FNO5P/c1-17(2)26-22(12-13-33-34(32)16-21(29)14-25(30)31)23(18-8-10-20(27)11-9-18)15-24(28-26)19-6-4-3-5-7-19/h3-13,15,17,21,29,34H,14,16H2,1-2H3,(H,30,31)/b13-12+/t21-/m0/s1. The summed E-state index contributed by atoms with van der Waals surface area (Å²) in [4.78, 5) is 15.5. The molecule has 2 aromatic carbocycles. The predicted molar refractivity (Wildman–Crippen MR) is 131 cm³/mol. The Hall–Kier alpha value is -3.28. The number of aliphatic hydroxyl groups excluding tert-OH is 1. The van der Waals surface area contributed by atoms with Crippen LogP contribution in [0, 0.1) is 5.82 Å². The molecular formula is C26H27FNO5P. The molecule has 0 saturated heterocycles. The van der Waals surface area contributed by atoms with Crippen LogP contribution in [-0.2, 0) is 13.9 Å². The predicted octanol–water partition coefficient (Wildman–Crippen LogP) is 5.98. The Morgan fingerprint density at radius 3 is 2.41 bits per heavy atom. The molecule has 34 heavy (non-hydrogen) atoms. The minimum atomic E-state index is -2.69. The van der Waals surface area contributed by atoms with Crippen molar-refractivity contribution in [3.05, 3.63) is 84.0 Å². The molecule has 0 aliphatic heterocycles. The highest BCUT2D eigenvalue weighted by atomic mass is 31.1. The Kier molecular flexibility index (Phi) is 8.74. The Labute approximate surface area is 198 Å². The van der Waals surface area contributed by atoms with Gasteiger partial charge in [-0.2, -0.15) is 0 Å². The molecule has 0 spiro atoms. The van der Waals surface area contributed by atoms with Gasteiger partial charge in [-0.1, -0.05) is 56.3 Å². The topological polar surface area (TPSA) is 96.7 Å². The van der Waals surface area contributed by atoms with Gasteiger partial charge in [0.2, 0.25) is 8.03 Å². The van der Waals surface area contributed by atoms with Crippen molar-refractivity contribution in [3.8, 4) is 22.4 Å². The van der Waals surface area contributed by atoms with Crippen LogP contribution in [0.4, 0.5) is 4.39 Å². The van der Waals surface area contributed by atoms with Crippen LogP contribution in [0.1, 0.15) is 37.4 Å². The van der Waals surface area contributed by atoms with E-state index < -0.39 is 26.5 Å². The fourth-order valence-electron chi connectivity index (χ4n) is 3.51. The van der Waals surface area contributed by atoms with Gasteiger partial charge in [0, 0.05) is 11.1 Å². The lowest BCUT2D eigenvalue weighted by atomic mass is 9.92. The van der Waals surface area contributed by atoms with E-state index in [4.69, 9.17) is 14.6 Å². The number of rotatable bonds is 10. The van der Waals surface area contributed by atoms with Crippen molar-refractivity contribution < 1.29 is 28.5 Å². The lowest BCUT2D eigenvalue weighted by molar-refractivity contribution is -0.138. The van der Waals surface area contributed by atoms with Gasteiger partial charge in [0.1, 0.15) is 5.82 Å². The maximum atomic E-state index is 13.6. The molecule has 0 aliphatic carbocycles. The normalized spacial score (nSPS) is 13.2. The molecule has 8 heteroatoms. The van der Waals surface area contributed by atoms with E-state index in [1.54, 1.807) is 18.2 Å². The molecule has 6 nitrogen and oxygen atoms in total. The molecule has 3 rings (SSSR count). The summed E-state index contributed by atoms with van der Waals surface area (Å²) in [5.74, 6) is -1.48. The number of carbonyl (C=O) groups is 1. The Morgan fingerprint density at radius 2 is 1.79 bits per heavy atom. The fraction of sp³-hybridized carbons (Fsp3) is 0.231. The van der Waals surface area contributed by atoms with Crippen LogP contribution in [0.2, 0.25) is 0 Å². The number of benzene rings is 2. The summed E-state index contributed by atoms with van der Waals surface area (Å²) in [5, 5.41) is 18.4. The van der Waals surface area contributed by atoms with Crippen molar-refractivity contribution in [3.63, 3.8) is 0 Å². The van der Waals surface area contributed by atoms with Gasteiger partial charge in [0.05, 0.1) is 36.3 Å². The first-order chi connectivity index (χ1) is 16.2. The van der Waals surface area contributed by atoms with Gasteiger partial charge >= 0.3 is 5.97 Å². The van der Waals surface area contributed by atoms with E-state index in [1.807, 2.05) is 50.2 Å². The van der Waals surface area contributed by atoms with E-state index in [-0.39, 0.29) is 17.9 Å². The molecule has 1 unspecified atom stereocenters. The number of halogens is 1. The van der Waals surface area contributed by atoms with Crippen LogP contribution >= 0.6 is 8.03 Å². The third kappa shape index (κ3) is 6.86. The number of aliphatic carboxylic acids is 1. The zero-order chi connectivity index (χ0) is 24.7. The second-order valence-corrected chi connectivity index (χ2v) is 9.52. The van der Waals surface area contributed by atoms with Crippen molar-refractivity contribution in [2.45, 2.75) is 32.3 Å². The van der Waals surface area contributed by atoms with Gasteiger partial charge in [-0.05, 0) is 41.3 Å². The lowest BCUT2D eigenvalue weighted by Gasteiger charge is -2.17. The van der Waals surface area contributed by atoms with Crippen molar-refractivity contribution in [1.82, 2.24) is 4.98 Å². The molecule has 178 valence electrons. The summed E-state index contributed by atoms with van der Waals surface area (Å²) >= 11 is 0. The molecule has 0 amide bonds. The second-order valence-electron chi connectivity index (χ2n) is 8.13. The lowest BCUT2D eigenvalue weighted by Crippen LogP contribution is -2.15. The summed E-state index contributed by atoms with van der Waals surface area (Å²) in [5.41, 5.74) is 4.83. The molecule has 0 fully saturated rings. The first-order valence-corrected chi connectivity index (χ1v) is 12.4. The molecule has 2 N–H and O–H groups in total. The molecule has 0 radical (unpaired) electrons. The summed E-state index contributed by atoms with van der Waals surface area (Å²) in [6.45, 7) is 4.02. The third-order valence-electron chi connectivity index (χ3n) is 5.11. The van der Waals surface area contributed by atoms with Crippen molar-refractivity contribution in [1.29, 1.82) is 0 Å². The number of carboxylic acids is 1. The highest BCUT2D eigenvalue weighted by Crippen LogP contribution is 2.35. The largest absolute Gasteiger partial charge is 0.481 e.